The van der Waals surface area contributed by atoms with Gasteiger partial charge in [0.05, 0.1) is 5.92 Å². The molecule has 0 saturated carbocycles. The highest BCUT2D eigenvalue weighted by Gasteiger charge is 2.26. The van der Waals surface area contributed by atoms with Crippen LogP contribution in [0.4, 0.5) is 4.79 Å². The summed E-state index contributed by atoms with van der Waals surface area (Å²) in [5.41, 5.74) is 0. The van der Waals surface area contributed by atoms with Crippen molar-refractivity contribution in [2.45, 2.75) is 65.5 Å². The van der Waals surface area contributed by atoms with Crippen molar-refractivity contribution in [3.63, 3.8) is 0 Å². The highest BCUT2D eigenvalue weighted by molar-refractivity contribution is 5.79. The zero-order valence-corrected chi connectivity index (χ0v) is 15.2. The van der Waals surface area contributed by atoms with Gasteiger partial charge in [0.1, 0.15) is 0 Å². The van der Waals surface area contributed by atoms with Gasteiger partial charge in [-0.3, -0.25) is 4.79 Å². The van der Waals surface area contributed by atoms with Crippen LogP contribution in [0.15, 0.2) is 0 Å². The van der Waals surface area contributed by atoms with Crippen LogP contribution in [0.2, 0.25) is 0 Å². The van der Waals surface area contributed by atoms with Crippen LogP contribution < -0.4 is 16.0 Å². The second kappa shape index (κ2) is 10.5. The van der Waals surface area contributed by atoms with Gasteiger partial charge < -0.3 is 20.9 Å². The first-order chi connectivity index (χ1) is 10.9. The van der Waals surface area contributed by atoms with Crippen molar-refractivity contribution < 1.29 is 9.59 Å². The van der Waals surface area contributed by atoms with E-state index >= 15 is 0 Å². The average Bonchev–Trinajstić information content (AvgIpc) is 2.47. The number of hydrogen-bond acceptors (Lipinski definition) is 3. The smallest absolute Gasteiger partial charge is 0.315 e. The summed E-state index contributed by atoms with van der Waals surface area (Å²) in [6, 6.07) is 0.270. The molecule has 3 amide bonds. The van der Waals surface area contributed by atoms with Crippen molar-refractivity contribution in [1.29, 1.82) is 0 Å². The van der Waals surface area contributed by atoms with Gasteiger partial charge in [-0.2, -0.15) is 0 Å². The number of carbonyl (C=O) groups is 2. The first-order valence-electron chi connectivity index (χ1n) is 8.99. The topological polar surface area (TPSA) is 73.5 Å². The normalized spacial score (nSPS) is 20.1. The van der Waals surface area contributed by atoms with Gasteiger partial charge in [-0.25, -0.2) is 4.79 Å². The fraction of sp³-hybridized carbons (Fsp3) is 0.882. The van der Waals surface area contributed by atoms with E-state index in [-0.39, 0.29) is 29.9 Å². The number of nitrogens with zero attached hydrogens (tertiary/aromatic N) is 1. The predicted octanol–water partition coefficient (Wildman–Crippen LogP) is 1.71. The molecule has 2 unspecified atom stereocenters. The molecule has 1 saturated heterocycles. The lowest BCUT2D eigenvalue weighted by Gasteiger charge is -2.32. The molecule has 23 heavy (non-hydrogen) atoms. The van der Waals surface area contributed by atoms with E-state index in [9.17, 15) is 9.59 Å². The summed E-state index contributed by atoms with van der Waals surface area (Å²) in [7, 11) is 0. The van der Waals surface area contributed by atoms with E-state index in [0.717, 1.165) is 45.3 Å². The van der Waals surface area contributed by atoms with Crippen LogP contribution >= 0.6 is 0 Å². The third-order valence-electron chi connectivity index (χ3n) is 4.12. The molecule has 1 heterocycles. The molecule has 134 valence electrons. The standard InChI is InChI=1S/C17H34N4O2/c1-5-7-14(4)20-16(22)15-8-6-10-21(12-15)11-9-18-17(23)19-13(2)3/h13-15H,5-12H2,1-4H3,(H,20,22)(H2,18,19,23). The molecule has 2 atom stereocenters. The monoisotopic (exact) mass is 326 g/mol. The predicted molar refractivity (Wildman–Crippen MR) is 93.3 cm³/mol. The van der Waals surface area contributed by atoms with Crippen LogP contribution in [0.3, 0.4) is 0 Å². The van der Waals surface area contributed by atoms with Crippen molar-refractivity contribution in [2.24, 2.45) is 5.92 Å². The van der Waals surface area contributed by atoms with E-state index in [0.29, 0.717) is 6.54 Å². The lowest BCUT2D eigenvalue weighted by Crippen LogP contribution is -2.48. The lowest BCUT2D eigenvalue weighted by molar-refractivity contribution is -0.127. The van der Waals surface area contributed by atoms with Gasteiger partial charge in [0, 0.05) is 31.7 Å². The van der Waals surface area contributed by atoms with Gasteiger partial charge in [0.15, 0.2) is 0 Å². The first-order valence-corrected chi connectivity index (χ1v) is 8.99. The Balaban J connectivity index is 2.28. The molecule has 1 aliphatic rings. The van der Waals surface area contributed by atoms with E-state index in [1.54, 1.807) is 0 Å². The van der Waals surface area contributed by atoms with Gasteiger partial charge in [0.25, 0.3) is 0 Å². The highest BCUT2D eigenvalue weighted by atomic mass is 16.2. The van der Waals surface area contributed by atoms with Gasteiger partial charge >= 0.3 is 6.03 Å². The largest absolute Gasteiger partial charge is 0.353 e. The Kier molecular flexibility index (Phi) is 8.99. The summed E-state index contributed by atoms with van der Waals surface area (Å²) >= 11 is 0. The SMILES string of the molecule is CCCC(C)NC(=O)C1CCCN(CCNC(=O)NC(C)C)C1. The summed E-state index contributed by atoms with van der Waals surface area (Å²) in [5.74, 6) is 0.258. The van der Waals surface area contributed by atoms with Crippen LogP contribution in [0, 0.1) is 5.92 Å². The maximum atomic E-state index is 12.3. The maximum Gasteiger partial charge on any atom is 0.315 e. The Hall–Kier alpha value is -1.30. The van der Waals surface area contributed by atoms with Crippen LogP contribution in [0.1, 0.15) is 53.4 Å². The number of carbonyl (C=O) groups excluding carboxylic acids is 2. The Bertz CT molecular complexity index is 374. The number of rotatable bonds is 8. The Labute approximate surface area is 140 Å². The summed E-state index contributed by atoms with van der Waals surface area (Å²) in [6.07, 6.45) is 4.11. The van der Waals surface area contributed by atoms with Crippen molar-refractivity contribution in [2.75, 3.05) is 26.2 Å². The Morgan fingerprint density at radius 3 is 2.61 bits per heavy atom. The summed E-state index contributed by atoms with van der Waals surface area (Å²) in [6.45, 7) is 11.3. The molecule has 1 rings (SSSR count). The zero-order chi connectivity index (χ0) is 17.2. The first kappa shape index (κ1) is 19.7. The van der Waals surface area contributed by atoms with E-state index in [1.165, 1.54) is 0 Å². The van der Waals surface area contributed by atoms with Crippen LogP contribution in [-0.4, -0.2) is 55.1 Å². The molecule has 0 aromatic rings. The molecule has 3 N–H and O–H groups in total. The summed E-state index contributed by atoms with van der Waals surface area (Å²) in [5, 5.41) is 8.79. The Morgan fingerprint density at radius 2 is 1.96 bits per heavy atom. The van der Waals surface area contributed by atoms with E-state index in [1.807, 2.05) is 13.8 Å². The average molecular weight is 326 g/mol. The minimum Gasteiger partial charge on any atom is -0.353 e. The summed E-state index contributed by atoms with van der Waals surface area (Å²) in [4.78, 5) is 26.1. The molecule has 0 spiro atoms. The maximum absolute atomic E-state index is 12.3. The molecule has 1 aliphatic heterocycles. The molecular formula is C17H34N4O2. The van der Waals surface area contributed by atoms with Gasteiger partial charge in [-0.1, -0.05) is 13.3 Å². The van der Waals surface area contributed by atoms with Crippen LogP contribution in [0.5, 0.6) is 0 Å². The summed E-state index contributed by atoms with van der Waals surface area (Å²) < 4.78 is 0. The number of urea groups is 1. The molecule has 6 nitrogen and oxygen atoms in total. The fourth-order valence-electron chi connectivity index (χ4n) is 2.98. The third kappa shape index (κ3) is 8.21. The molecule has 6 heteroatoms. The van der Waals surface area contributed by atoms with Crippen LogP contribution in [0.25, 0.3) is 0 Å². The zero-order valence-electron chi connectivity index (χ0n) is 15.2. The second-order valence-corrected chi connectivity index (χ2v) is 6.89. The van der Waals surface area contributed by atoms with Crippen LogP contribution in [-0.2, 0) is 4.79 Å². The number of likely N-dealkylation sites (tertiary alicyclic amines) is 1. The minimum absolute atomic E-state index is 0.0764. The van der Waals surface area contributed by atoms with Gasteiger partial charge in [0.2, 0.25) is 5.91 Å². The number of hydrogen-bond donors (Lipinski definition) is 3. The van der Waals surface area contributed by atoms with E-state index in [2.05, 4.69) is 34.7 Å². The quantitative estimate of drug-likeness (QED) is 0.636. The number of amides is 3. The second-order valence-electron chi connectivity index (χ2n) is 6.89. The molecule has 1 fully saturated rings. The van der Waals surface area contributed by atoms with E-state index < -0.39 is 0 Å². The van der Waals surface area contributed by atoms with Gasteiger partial charge in [-0.05, 0) is 46.6 Å². The number of nitrogens with one attached hydrogen (secondary N) is 3. The Morgan fingerprint density at radius 1 is 1.22 bits per heavy atom. The fourth-order valence-corrected chi connectivity index (χ4v) is 2.98. The minimum atomic E-state index is -0.125. The highest BCUT2D eigenvalue weighted by Crippen LogP contribution is 2.16. The van der Waals surface area contributed by atoms with Crippen molar-refractivity contribution in [3.8, 4) is 0 Å². The number of piperidine rings is 1. The van der Waals surface area contributed by atoms with Crippen molar-refractivity contribution in [3.05, 3.63) is 0 Å². The van der Waals surface area contributed by atoms with Gasteiger partial charge in [-0.15, -0.1) is 0 Å². The van der Waals surface area contributed by atoms with E-state index in [4.69, 9.17) is 0 Å². The molecule has 0 aromatic carbocycles. The van der Waals surface area contributed by atoms with Crippen molar-refractivity contribution >= 4 is 11.9 Å². The molecule has 0 bridgehead atoms. The molecular weight excluding hydrogens is 292 g/mol. The lowest BCUT2D eigenvalue weighted by atomic mass is 9.96. The van der Waals surface area contributed by atoms with Crippen molar-refractivity contribution in [1.82, 2.24) is 20.9 Å². The molecule has 0 radical (unpaired) electrons. The third-order valence-corrected chi connectivity index (χ3v) is 4.12. The molecule has 0 aliphatic carbocycles. The molecule has 0 aromatic heterocycles.